The summed E-state index contributed by atoms with van der Waals surface area (Å²) in [6.07, 6.45) is 1.16. The third kappa shape index (κ3) is 6.24. The molecule has 0 aliphatic rings. The lowest BCUT2D eigenvalue weighted by Crippen LogP contribution is -2.26. The van der Waals surface area contributed by atoms with Gasteiger partial charge < -0.3 is 5.32 Å². The molecule has 0 fully saturated rings. The summed E-state index contributed by atoms with van der Waals surface area (Å²) >= 11 is 0. The van der Waals surface area contributed by atoms with E-state index in [0.717, 1.165) is 19.3 Å². The molecule has 0 atom stereocenters. The summed E-state index contributed by atoms with van der Waals surface area (Å²) in [7, 11) is -0.467. The topological polar surface area (TPSA) is 12.0 Å². The highest BCUT2D eigenvalue weighted by Gasteiger charge is 2.21. The maximum atomic E-state index is 3.77. The number of hydrogen-bond donors (Lipinski definition) is 1. The molecule has 3 aromatic carbocycles. The molecule has 0 saturated heterocycles. The van der Waals surface area contributed by atoms with Gasteiger partial charge in [0.15, 0.2) is 0 Å². The Morgan fingerprint density at radius 2 is 1.17 bits per heavy atom. The van der Waals surface area contributed by atoms with Crippen LogP contribution in [0.3, 0.4) is 0 Å². The number of benzene rings is 3. The summed E-state index contributed by atoms with van der Waals surface area (Å²) in [5, 5.41) is 8.28. The molecular weight excluding hydrogens is 400 g/mol. The Kier molecular flexibility index (Phi) is 9.07. The van der Waals surface area contributed by atoms with Gasteiger partial charge in [0.25, 0.3) is 0 Å². The Morgan fingerprint density at radius 3 is 1.70 bits per heavy atom. The van der Waals surface area contributed by atoms with Crippen LogP contribution >= 0.6 is 15.8 Å². The molecule has 0 aliphatic carbocycles. The van der Waals surface area contributed by atoms with E-state index >= 15 is 0 Å². The van der Waals surface area contributed by atoms with Crippen LogP contribution in [0.2, 0.25) is 0 Å². The summed E-state index contributed by atoms with van der Waals surface area (Å²) in [6.45, 7) is 11.5. The smallest absolute Gasteiger partial charge is 0.0211 e. The first-order valence-corrected chi connectivity index (χ1v) is 14.0. The van der Waals surface area contributed by atoms with Gasteiger partial charge in [0.2, 0.25) is 0 Å². The molecule has 3 heteroatoms. The first-order valence-electron chi connectivity index (χ1n) is 11.0. The van der Waals surface area contributed by atoms with Gasteiger partial charge in [0.05, 0.1) is 0 Å². The van der Waals surface area contributed by atoms with Crippen molar-refractivity contribution in [3.63, 3.8) is 0 Å². The Hall–Kier alpha value is -1.52. The first-order chi connectivity index (χ1) is 14.6. The fourth-order valence-electron chi connectivity index (χ4n) is 4.10. The SMILES string of the molecule is CC(C)P(c1ccccc1CNCCP(c1ccccc1)c1ccccc1)C(C)C. The lowest BCUT2D eigenvalue weighted by atomic mass is 10.2. The zero-order valence-corrected chi connectivity index (χ0v) is 20.5. The van der Waals surface area contributed by atoms with Crippen LogP contribution in [0.15, 0.2) is 84.9 Å². The molecule has 0 aromatic heterocycles. The zero-order valence-electron chi connectivity index (χ0n) is 18.8. The minimum Gasteiger partial charge on any atom is -0.312 e. The van der Waals surface area contributed by atoms with Crippen molar-refractivity contribution in [3.05, 3.63) is 90.5 Å². The molecule has 0 radical (unpaired) electrons. The first kappa shape index (κ1) is 23.1. The second-order valence-electron chi connectivity index (χ2n) is 8.22. The lowest BCUT2D eigenvalue weighted by molar-refractivity contribution is 0.733. The highest BCUT2D eigenvalue weighted by Crippen LogP contribution is 2.45. The Morgan fingerprint density at radius 1 is 0.667 bits per heavy atom. The molecule has 1 N–H and O–H groups in total. The van der Waals surface area contributed by atoms with Gasteiger partial charge in [0, 0.05) is 6.54 Å². The van der Waals surface area contributed by atoms with Crippen molar-refractivity contribution >= 4 is 31.8 Å². The van der Waals surface area contributed by atoms with E-state index in [-0.39, 0.29) is 15.8 Å². The van der Waals surface area contributed by atoms with E-state index in [1.807, 2.05) is 0 Å². The van der Waals surface area contributed by atoms with E-state index in [9.17, 15) is 0 Å². The highest BCUT2D eigenvalue weighted by molar-refractivity contribution is 7.73. The normalized spacial score (nSPS) is 11.7. The number of rotatable bonds is 10. The quantitative estimate of drug-likeness (QED) is 0.312. The summed E-state index contributed by atoms with van der Waals surface area (Å²) in [4.78, 5) is 0. The summed E-state index contributed by atoms with van der Waals surface area (Å²) in [5.74, 6) is 0. The highest BCUT2D eigenvalue weighted by atomic mass is 31.1. The molecule has 3 rings (SSSR count). The lowest BCUT2D eigenvalue weighted by Gasteiger charge is -2.28. The van der Waals surface area contributed by atoms with Crippen molar-refractivity contribution in [3.8, 4) is 0 Å². The van der Waals surface area contributed by atoms with Crippen LogP contribution in [0.5, 0.6) is 0 Å². The number of hydrogen-bond acceptors (Lipinski definition) is 1. The van der Waals surface area contributed by atoms with Crippen LogP contribution in [-0.2, 0) is 6.54 Å². The van der Waals surface area contributed by atoms with E-state index in [1.54, 1.807) is 5.30 Å². The fourth-order valence-corrected chi connectivity index (χ4v) is 9.41. The van der Waals surface area contributed by atoms with Crippen molar-refractivity contribution in [2.24, 2.45) is 0 Å². The maximum absolute atomic E-state index is 3.77. The maximum Gasteiger partial charge on any atom is 0.0211 e. The monoisotopic (exact) mass is 435 g/mol. The van der Waals surface area contributed by atoms with Crippen molar-refractivity contribution in [2.75, 3.05) is 12.7 Å². The second-order valence-corrected chi connectivity index (χ2v) is 13.9. The molecule has 0 unspecified atom stereocenters. The molecule has 30 heavy (non-hydrogen) atoms. The van der Waals surface area contributed by atoms with Crippen LogP contribution in [0.25, 0.3) is 0 Å². The van der Waals surface area contributed by atoms with Crippen LogP contribution in [0.1, 0.15) is 33.3 Å². The fraction of sp³-hybridized carbons (Fsp3) is 0.333. The van der Waals surface area contributed by atoms with E-state index in [1.165, 1.54) is 16.2 Å². The van der Waals surface area contributed by atoms with Gasteiger partial charge in [-0.05, 0) is 53.4 Å². The van der Waals surface area contributed by atoms with Gasteiger partial charge in [0.1, 0.15) is 0 Å². The van der Waals surface area contributed by atoms with Crippen molar-refractivity contribution in [1.82, 2.24) is 5.32 Å². The summed E-state index contributed by atoms with van der Waals surface area (Å²) in [6, 6.07) is 31.1. The van der Waals surface area contributed by atoms with Gasteiger partial charge >= 0.3 is 0 Å². The van der Waals surface area contributed by atoms with E-state index < -0.39 is 0 Å². The minimum atomic E-state index is -0.331. The average molecular weight is 436 g/mol. The second kappa shape index (κ2) is 11.8. The molecule has 1 nitrogen and oxygen atoms in total. The predicted octanol–water partition coefficient (Wildman–Crippen LogP) is 5.83. The standard InChI is InChI=1S/C27H35NP2/c1-22(2)30(23(3)4)27-18-12-11-13-24(27)21-28-19-20-29(25-14-7-5-8-15-25)26-16-9-6-10-17-26/h5-18,22-23,28H,19-21H2,1-4H3. The molecule has 0 spiro atoms. The molecule has 0 amide bonds. The zero-order chi connectivity index (χ0) is 21.3. The summed E-state index contributed by atoms with van der Waals surface area (Å²) < 4.78 is 0. The molecule has 0 bridgehead atoms. The van der Waals surface area contributed by atoms with Crippen LogP contribution in [0, 0.1) is 0 Å². The van der Waals surface area contributed by atoms with Crippen molar-refractivity contribution in [2.45, 2.75) is 45.6 Å². The molecule has 0 aliphatic heterocycles. The molecule has 3 aromatic rings. The van der Waals surface area contributed by atoms with Gasteiger partial charge in [-0.25, -0.2) is 0 Å². The molecule has 158 valence electrons. The van der Waals surface area contributed by atoms with Crippen LogP contribution in [-0.4, -0.2) is 24.0 Å². The van der Waals surface area contributed by atoms with E-state index in [2.05, 4.69) is 118 Å². The van der Waals surface area contributed by atoms with Gasteiger partial charge in [-0.2, -0.15) is 0 Å². The van der Waals surface area contributed by atoms with E-state index in [0.29, 0.717) is 11.3 Å². The van der Waals surface area contributed by atoms with Gasteiger partial charge in [-0.3, -0.25) is 0 Å². The third-order valence-corrected chi connectivity index (χ3v) is 11.1. The molecule has 0 saturated carbocycles. The van der Waals surface area contributed by atoms with Gasteiger partial charge in [-0.1, -0.05) is 121 Å². The van der Waals surface area contributed by atoms with Crippen LogP contribution < -0.4 is 21.2 Å². The molecule has 0 heterocycles. The van der Waals surface area contributed by atoms with E-state index in [4.69, 9.17) is 0 Å². The Labute approximate surface area is 185 Å². The van der Waals surface area contributed by atoms with Crippen molar-refractivity contribution < 1.29 is 0 Å². The Bertz CT molecular complexity index is 830. The summed E-state index contributed by atoms with van der Waals surface area (Å²) in [5.41, 5.74) is 2.91. The predicted molar refractivity (Wildman–Crippen MR) is 139 cm³/mol. The average Bonchev–Trinajstić information content (AvgIpc) is 2.75. The minimum absolute atomic E-state index is 0.136. The van der Waals surface area contributed by atoms with Crippen LogP contribution in [0.4, 0.5) is 0 Å². The Balaban J connectivity index is 1.68. The molecular formula is C27H35NP2. The number of nitrogens with one attached hydrogen (secondary N) is 1. The van der Waals surface area contributed by atoms with Gasteiger partial charge in [-0.15, -0.1) is 0 Å². The largest absolute Gasteiger partial charge is 0.312 e. The third-order valence-electron chi connectivity index (χ3n) is 5.35. The van der Waals surface area contributed by atoms with Crippen molar-refractivity contribution in [1.29, 1.82) is 0 Å².